The average Bonchev–Trinajstić information content (AvgIpc) is 0.727. The average molecular weight is 2040 g/mol. The van der Waals surface area contributed by atoms with Gasteiger partial charge in [-0.1, -0.05) is 163 Å². The fourth-order valence-corrected chi connectivity index (χ4v) is 15.8. The van der Waals surface area contributed by atoms with Gasteiger partial charge in [0.2, 0.25) is 6.41 Å². The molecule has 0 saturated heterocycles. The summed E-state index contributed by atoms with van der Waals surface area (Å²) in [6.07, 6.45) is -38.8. The summed E-state index contributed by atoms with van der Waals surface area (Å²) >= 11 is 0. The second-order valence-corrected chi connectivity index (χ2v) is 33.0. The molecule has 5 N–H and O–H groups in total. The lowest BCUT2D eigenvalue weighted by molar-refractivity contribution is -0.253. The Hall–Kier alpha value is -15.1. The number of halogens is 27. The number of hydrogen-bond donors (Lipinski definition) is 5. The molecule has 40 heteroatoms. The zero-order chi connectivity index (χ0) is 106. The number of benzene rings is 13. The number of alkyl halides is 19. The van der Waals surface area contributed by atoms with Crippen molar-refractivity contribution in [1.29, 1.82) is 0 Å². The fraction of sp³-hybridized carbons (Fsp3) is 0.202. The highest BCUT2D eigenvalue weighted by Crippen LogP contribution is 2.48. The first-order chi connectivity index (χ1) is 67.4. The van der Waals surface area contributed by atoms with Crippen molar-refractivity contribution in [3.8, 4) is 11.5 Å². The minimum absolute atomic E-state index is 0.0267. The van der Waals surface area contributed by atoms with Gasteiger partial charge in [0, 0.05) is 37.3 Å². The number of methoxy groups -OCH3 is 1. The van der Waals surface area contributed by atoms with E-state index < -0.39 is 228 Å². The van der Waals surface area contributed by atoms with Crippen LogP contribution in [0.2, 0.25) is 0 Å². The second kappa shape index (κ2) is 43.8. The molecular weight excluding hydrogens is 1960 g/mol. The van der Waals surface area contributed by atoms with Gasteiger partial charge in [0.25, 0.3) is 17.7 Å². The first kappa shape index (κ1) is 109. The lowest BCUT2D eigenvalue weighted by atomic mass is 9.75. The van der Waals surface area contributed by atoms with Crippen molar-refractivity contribution in [2.24, 2.45) is 0 Å². The van der Waals surface area contributed by atoms with E-state index in [2.05, 4.69) is 20.1 Å². The largest absolute Gasteiger partial charge is 0.488 e. The summed E-state index contributed by atoms with van der Waals surface area (Å²) in [5.74, 6) is -18.7. The third kappa shape index (κ3) is 25.7. The maximum atomic E-state index is 15.7. The van der Waals surface area contributed by atoms with Crippen LogP contribution in [0.25, 0.3) is 0 Å². The Labute approximate surface area is 801 Å². The van der Waals surface area contributed by atoms with Crippen LogP contribution in [-0.2, 0) is 91.7 Å². The van der Waals surface area contributed by atoms with Crippen molar-refractivity contribution in [2.45, 2.75) is 124 Å². The molecule has 144 heavy (non-hydrogen) atoms. The predicted octanol–water partition coefficient (Wildman–Crippen LogP) is 24.7. The molecule has 13 aromatic rings. The van der Waals surface area contributed by atoms with Crippen LogP contribution in [-0.4, -0.2) is 72.7 Å². The number of esters is 1. The normalized spacial score (nSPS) is 14.1. The van der Waals surface area contributed by atoms with Gasteiger partial charge >= 0.3 is 55.0 Å². The number of carbonyl (C=O) groups excluding carboxylic acids is 5. The van der Waals surface area contributed by atoms with Gasteiger partial charge in [-0.3, -0.25) is 19.2 Å². The molecule has 0 bridgehead atoms. The molecule has 13 aromatic carbocycles. The number of amides is 4. The van der Waals surface area contributed by atoms with E-state index in [0.717, 1.165) is 73.8 Å². The Bertz CT molecular complexity index is 6550. The molecule has 756 valence electrons. The van der Waals surface area contributed by atoms with E-state index in [4.69, 9.17) is 4.74 Å². The number of ether oxygens (including phenoxy) is 3. The molecule has 13 rings (SSSR count). The zero-order valence-electron chi connectivity index (χ0n) is 74.8. The van der Waals surface area contributed by atoms with Gasteiger partial charge in [-0.2, -0.15) is 83.4 Å². The first-order valence-electron chi connectivity index (χ1n) is 42.4. The monoisotopic (exact) mass is 2040 g/mol. The summed E-state index contributed by atoms with van der Waals surface area (Å²) in [6.45, 7) is 4.66. The van der Waals surface area contributed by atoms with E-state index >= 15 is 26.3 Å². The molecular formula is C104H77F27N4O9. The van der Waals surface area contributed by atoms with E-state index in [-0.39, 0.29) is 63.6 Å². The van der Waals surface area contributed by atoms with Gasteiger partial charge in [-0.15, -0.1) is 0 Å². The Morgan fingerprint density at radius 1 is 0.354 bits per heavy atom. The van der Waals surface area contributed by atoms with Crippen LogP contribution in [0.15, 0.2) is 297 Å². The lowest BCUT2D eigenvalue weighted by Gasteiger charge is -2.42. The molecule has 0 aromatic heterocycles. The van der Waals surface area contributed by atoms with Crippen LogP contribution < -0.4 is 30.7 Å². The highest BCUT2D eigenvalue weighted by atomic mass is 19.4. The van der Waals surface area contributed by atoms with Crippen molar-refractivity contribution in [1.82, 2.24) is 21.3 Å². The van der Waals surface area contributed by atoms with Crippen molar-refractivity contribution in [3.63, 3.8) is 0 Å². The number of rotatable bonds is 30. The maximum Gasteiger partial charge on any atom is 0.461 e. The number of aryl methyl sites for hydroxylation is 1. The fourth-order valence-electron chi connectivity index (χ4n) is 15.8. The summed E-state index contributed by atoms with van der Waals surface area (Å²) in [4.78, 5) is 66.7. The van der Waals surface area contributed by atoms with E-state index in [1.807, 2.05) is 10.6 Å². The van der Waals surface area contributed by atoms with E-state index in [1.165, 1.54) is 135 Å². The summed E-state index contributed by atoms with van der Waals surface area (Å²) in [5, 5.41) is 20.7. The van der Waals surface area contributed by atoms with Crippen LogP contribution in [0.4, 0.5) is 119 Å². The van der Waals surface area contributed by atoms with Crippen molar-refractivity contribution in [2.75, 3.05) is 7.11 Å². The SMILES string of the molecule is COC(=O)c1ccc(C[C@@](NC(=O)c2ccc(F)c(C(F)(F)F)c2)(c2cc(F)cc(OC(F)(F)C(F)F)c2)c2ccc(F)c(OC(C)C)c2)cc1.Cc1ccc([C@@](Cc2ccccc2)(NC(=O)C(O)(C(=O)N[C@](Cc2ccccc2)(c2ccc(F)cc2)c2cc(F)cc(C(F)(F)F)c2)C(F)(F)F)c2cc(F)cc(C(F)(F)F)c2)cc1.O=CN[C@](Cc1ccccc1)(c1ccc(F)cc1)c1cc(F)cc(C(F)(F)F)c1. The maximum absolute atomic E-state index is 15.7. The minimum atomic E-state index is -6.35. The van der Waals surface area contributed by atoms with Gasteiger partial charge in [0.1, 0.15) is 46.5 Å². The molecule has 13 nitrogen and oxygen atoms in total. The van der Waals surface area contributed by atoms with E-state index in [9.17, 15) is 121 Å². The Kier molecular flexibility index (Phi) is 33.2. The third-order valence-corrected chi connectivity index (χ3v) is 22.7. The molecule has 0 aliphatic carbocycles. The molecule has 0 saturated carbocycles. The highest BCUT2D eigenvalue weighted by Gasteiger charge is 2.68. The van der Waals surface area contributed by atoms with Crippen LogP contribution in [0.3, 0.4) is 0 Å². The van der Waals surface area contributed by atoms with Gasteiger partial charge in [0.15, 0.2) is 11.6 Å². The number of carbonyl (C=O) groups is 5. The summed E-state index contributed by atoms with van der Waals surface area (Å²) < 4.78 is 399. The van der Waals surface area contributed by atoms with Gasteiger partial charge in [-0.25, -0.2) is 39.9 Å². The van der Waals surface area contributed by atoms with Crippen LogP contribution >= 0.6 is 0 Å². The molecule has 1 unspecified atom stereocenters. The van der Waals surface area contributed by atoms with E-state index in [1.54, 1.807) is 37.3 Å². The first-order valence-corrected chi connectivity index (χ1v) is 42.4. The van der Waals surface area contributed by atoms with Gasteiger partial charge in [-0.05, 0) is 221 Å². The predicted molar refractivity (Wildman–Crippen MR) is 469 cm³/mol. The Morgan fingerprint density at radius 3 is 1.08 bits per heavy atom. The standard InChI is InChI=1S/C47H34F12N2O3.C35H27F10NO5.C22H16F5NO/c1-28-12-14-31(15-13-28)42(26-29-8-4-2-5-9-29,33-20-35(45(51,52)53)24-38(49)22-33)60-40(62)44(64,47(57,58)59)41(63)61-43(27-30-10-6-3-7-11-30,32-16-18-37(48)19-17-32)34-21-36(46(54,55)56)25-39(50)23-34;1-18(2)50-29-15-22(9-11-28(29)38)33(17-19-4-6-20(7-5-19)31(48)49-3,23-13-24(36)16-25(14-23)51-35(44,45)32(39)40)46-30(47)21-8-10-27(37)26(12-21)34(41,42)43;23-19-8-6-16(7-9-19)21(28-14-29,13-15-4-2-1-3-5-15)17-10-18(22(25,26)27)12-20(24)11-17/h2-25,64H,26-27H2,1H3,(H,60,62)(H,61,63);4-16,18,32H,17H2,1-3H3,(H,46,47);1-12,14H,13H2,(H,28,29)/t42-,43-,44?;33-;21-/m101/s1. The van der Waals surface area contributed by atoms with Crippen molar-refractivity contribution < 1.29 is 162 Å². The number of hydrogen-bond acceptors (Lipinski definition) is 9. The summed E-state index contributed by atoms with van der Waals surface area (Å²) in [5.41, 5.74) is -22.8. The zero-order valence-corrected chi connectivity index (χ0v) is 74.8. The second-order valence-electron chi connectivity index (χ2n) is 33.0. The van der Waals surface area contributed by atoms with Crippen molar-refractivity contribution in [3.05, 3.63) is 449 Å². The summed E-state index contributed by atoms with van der Waals surface area (Å²) in [7, 11) is 1.11. The molecule has 0 aliphatic heterocycles. The molecule has 0 aliphatic rings. The Balaban J connectivity index is 0.000000220. The molecule has 0 spiro atoms. The lowest BCUT2D eigenvalue weighted by Crippen LogP contribution is -2.70. The van der Waals surface area contributed by atoms with Crippen molar-refractivity contribution >= 4 is 30.1 Å². The minimum Gasteiger partial charge on any atom is -0.488 e. The van der Waals surface area contributed by atoms with Crippen LogP contribution in [0.5, 0.6) is 11.5 Å². The Morgan fingerprint density at radius 2 is 0.701 bits per heavy atom. The number of aliphatic hydroxyl groups is 1. The van der Waals surface area contributed by atoms with E-state index in [0.29, 0.717) is 83.8 Å². The van der Waals surface area contributed by atoms with Gasteiger partial charge in [0.05, 0.1) is 63.2 Å². The number of nitrogens with one attached hydrogen (secondary N) is 4. The van der Waals surface area contributed by atoms with Crippen LogP contribution in [0.1, 0.15) is 129 Å². The smallest absolute Gasteiger partial charge is 0.461 e. The van der Waals surface area contributed by atoms with Gasteiger partial charge < -0.3 is 40.6 Å². The highest BCUT2D eigenvalue weighted by molar-refractivity contribution is 6.10. The summed E-state index contributed by atoms with van der Waals surface area (Å²) in [6, 6.07) is 51.4. The van der Waals surface area contributed by atoms with Crippen LogP contribution in [0, 0.1) is 53.5 Å². The third-order valence-electron chi connectivity index (χ3n) is 22.7. The molecule has 4 amide bonds. The molecule has 5 atom stereocenters. The topological polar surface area (TPSA) is 181 Å². The molecule has 0 fully saturated rings. The molecule has 0 radical (unpaired) electrons. The molecule has 0 heterocycles. The quantitative estimate of drug-likeness (QED) is 0.0127.